The van der Waals surface area contributed by atoms with Crippen LogP contribution in [0.1, 0.15) is 31.8 Å². The summed E-state index contributed by atoms with van der Waals surface area (Å²) in [4.78, 5) is 29.1. The van der Waals surface area contributed by atoms with Gasteiger partial charge in [-0.05, 0) is 37.6 Å². The summed E-state index contributed by atoms with van der Waals surface area (Å²) in [6.45, 7) is 6.09. The number of benzene rings is 2. The Bertz CT molecular complexity index is 824. The van der Waals surface area contributed by atoms with Gasteiger partial charge in [-0.2, -0.15) is 0 Å². The molecule has 3 rings (SSSR count). The Kier molecular flexibility index (Phi) is 5.26. The van der Waals surface area contributed by atoms with E-state index in [2.05, 4.69) is 0 Å². The lowest BCUT2D eigenvalue weighted by molar-refractivity contribution is 0.0533. The van der Waals surface area contributed by atoms with Crippen LogP contribution in [-0.2, 0) is 0 Å². The van der Waals surface area contributed by atoms with Crippen LogP contribution in [0.3, 0.4) is 0 Å². The van der Waals surface area contributed by atoms with Crippen LogP contribution < -0.4 is 4.74 Å². The zero-order valence-corrected chi connectivity index (χ0v) is 15.5. The van der Waals surface area contributed by atoms with Crippen LogP contribution in [-0.4, -0.2) is 54.9 Å². The molecule has 0 N–H and O–H groups in total. The molecule has 5 heteroatoms. The number of hydrogen-bond donors (Lipinski definition) is 0. The highest BCUT2D eigenvalue weighted by atomic mass is 16.5. The van der Waals surface area contributed by atoms with Gasteiger partial charge in [0.25, 0.3) is 11.8 Å². The maximum atomic E-state index is 12.8. The first kappa shape index (κ1) is 18.0. The molecule has 2 amide bonds. The van der Waals surface area contributed by atoms with Gasteiger partial charge in [0.2, 0.25) is 0 Å². The van der Waals surface area contributed by atoms with E-state index < -0.39 is 0 Å². The maximum Gasteiger partial charge on any atom is 0.257 e. The molecule has 2 aromatic carbocycles. The second kappa shape index (κ2) is 7.60. The lowest BCUT2D eigenvalue weighted by atomic mass is 10.0. The Hall–Kier alpha value is -2.82. The lowest BCUT2D eigenvalue weighted by Gasteiger charge is -2.35. The Labute approximate surface area is 154 Å². The van der Waals surface area contributed by atoms with Crippen molar-refractivity contribution < 1.29 is 14.3 Å². The molecule has 0 spiro atoms. The van der Waals surface area contributed by atoms with Crippen LogP contribution in [0, 0.1) is 13.8 Å². The third kappa shape index (κ3) is 3.57. The van der Waals surface area contributed by atoms with E-state index in [1.807, 2.05) is 49.1 Å². The Morgan fingerprint density at radius 3 is 2.00 bits per heavy atom. The minimum absolute atomic E-state index is 0.0342. The molecule has 0 atom stereocenters. The quantitative estimate of drug-likeness (QED) is 0.853. The Morgan fingerprint density at radius 2 is 1.42 bits per heavy atom. The number of rotatable bonds is 3. The van der Waals surface area contributed by atoms with E-state index in [0.29, 0.717) is 37.5 Å². The van der Waals surface area contributed by atoms with Crippen LogP contribution >= 0.6 is 0 Å². The Balaban J connectivity index is 1.67. The molecule has 136 valence electrons. The second-order valence-corrected chi connectivity index (χ2v) is 6.60. The fraction of sp³-hybridized carbons (Fsp3) is 0.333. The minimum Gasteiger partial charge on any atom is -0.496 e. The molecule has 0 bridgehead atoms. The van der Waals surface area contributed by atoms with Crippen LogP contribution in [0.5, 0.6) is 5.75 Å². The van der Waals surface area contributed by atoms with Gasteiger partial charge >= 0.3 is 0 Å². The number of carbonyl (C=O) groups excluding carboxylic acids is 2. The molecule has 0 unspecified atom stereocenters. The number of aryl methyl sites for hydroxylation is 2. The number of carbonyl (C=O) groups is 2. The van der Waals surface area contributed by atoms with Crippen LogP contribution in [0.15, 0.2) is 42.5 Å². The van der Waals surface area contributed by atoms with E-state index in [1.165, 1.54) is 0 Å². The van der Waals surface area contributed by atoms with E-state index in [-0.39, 0.29) is 11.8 Å². The molecule has 1 heterocycles. The van der Waals surface area contributed by atoms with Gasteiger partial charge in [0.1, 0.15) is 5.75 Å². The first-order valence-electron chi connectivity index (χ1n) is 8.80. The minimum atomic E-state index is -0.0546. The van der Waals surface area contributed by atoms with Gasteiger partial charge in [-0.1, -0.05) is 29.8 Å². The number of methoxy groups -OCH3 is 1. The molecule has 0 aromatic heterocycles. The molecule has 0 aliphatic carbocycles. The van der Waals surface area contributed by atoms with Gasteiger partial charge in [-0.3, -0.25) is 9.59 Å². The SMILES string of the molecule is COc1ccccc1C(=O)N1CCN(C(=O)c2ccc(C)cc2C)CC1. The van der Waals surface area contributed by atoms with Crippen molar-refractivity contribution in [2.75, 3.05) is 33.3 Å². The maximum absolute atomic E-state index is 12.8. The van der Waals surface area contributed by atoms with Crippen molar-refractivity contribution >= 4 is 11.8 Å². The van der Waals surface area contributed by atoms with Gasteiger partial charge in [0.15, 0.2) is 0 Å². The Morgan fingerprint density at radius 1 is 0.846 bits per heavy atom. The molecule has 1 aliphatic heterocycles. The molecule has 5 nitrogen and oxygen atoms in total. The molecule has 1 saturated heterocycles. The predicted octanol–water partition coefficient (Wildman–Crippen LogP) is 2.91. The summed E-state index contributed by atoms with van der Waals surface area (Å²) < 4.78 is 5.29. The van der Waals surface area contributed by atoms with Crippen LogP contribution in [0.4, 0.5) is 0 Å². The average Bonchev–Trinajstić information content (AvgIpc) is 2.67. The number of ether oxygens (including phenoxy) is 1. The normalized spacial score (nSPS) is 14.3. The number of piperazine rings is 1. The van der Waals surface area contributed by atoms with Crippen LogP contribution in [0.2, 0.25) is 0 Å². The first-order valence-corrected chi connectivity index (χ1v) is 8.80. The summed E-state index contributed by atoms with van der Waals surface area (Å²) >= 11 is 0. The van der Waals surface area contributed by atoms with Crippen molar-refractivity contribution in [3.63, 3.8) is 0 Å². The van der Waals surface area contributed by atoms with E-state index >= 15 is 0 Å². The zero-order valence-electron chi connectivity index (χ0n) is 15.5. The topological polar surface area (TPSA) is 49.9 Å². The summed E-state index contributed by atoms with van der Waals surface area (Å²) in [6, 6.07) is 13.1. The van der Waals surface area contributed by atoms with Gasteiger partial charge < -0.3 is 14.5 Å². The third-order valence-corrected chi connectivity index (χ3v) is 4.80. The van der Waals surface area contributed by atoms with Crippen molar-refractivity contribution in [3.8, 4) is 5.75 Å². The van der Waals surface area contributed by atoms with Crippen molar-refractivity contribution in [3.05, 3.63) is 64.7 Å². The molecule has 1 aliphatic rings. The van der Waals surface area contributed by atoms with Crippen LogP contribution in [0.25, 0.3) is 0 Å². The smallest absolute Gasteiger partial charge is 0.257 e. The zero-order chi connectivity index (χ0) is 18.7. The fourth-order valence-corrected chi connectivity index (χ4v) is 3.33. The van der Waals surface area contributed by atoms with Crippen molar-refractivity contribution in [1.82, 2.24) is 9.80 Å². The van der Waals surface area contributed by atoms with E-state index in [1.54, 1.807) is 24.1 Å². The van der Waals surface area contributed by atoms with Crippen molar-refractivity contribution in [1.29, 1.82) is 0 Å². The number of para-hydroxylation sites is 1. The number of hydrogen-bond acceptors (Lipinski definition) is 3. The van der Waals surface area contributed by atoms with E-state index in [4.69, 9.17) is 4.74 Å². The van der Waals surface area contributed by atoms with E-state index in [9.17, 15) is 9.59 Å². The fourth-order valence-electron chi connectivity index (χ4n) is 3.33. The van der Waals surface area contributed by atoms with Gasteiger partial charge in [-0.15, -0.1) is 0 Å². The van der Waals surface area contributed by atoms with Crippen molar-refractivity contribution in [2.24, 2.45) is 0 Å². The average molecular weight is 352 g/mol. The molecule has 0 radical (unpaired) electrons. The summed E-state index contributed by atoms with van der Waals surface area (Å²) in [7, 11) is 1.56. The van der Waals surface area contributed by atoms with E-state index in [0.717, 1.165) is 16.7 Å². The monoisotopic (exact) mass is 352 g/mol. The molecule has 0 saturated carbocycles. The largest absolute Gasteiger partial charge is 0.496 e. The first-order chi connectivity index (χ1) is 12.5. The molecule has 2 aromatic rings. The predicted molar refractivity (Wildman–Crippen MR) is 101 cm³/mol. The van der Waals surface area contributed by atoms with Gasteiger partial charge in [-0.25, -0.2) is 0 Å². The highest BCUT2D eigenvalue weighted by Gasteiger charge is 2.27. The van der Waals surface area contributed by atoms with Crippen molar-refractivity contribution in [2.45, 2.75) is 13.8 Å². The summed E-state index contributed by atoms with van der Waals surface area (Å²) in [5, 5.41) is 0. The molecular formula is C21H24N2O3. The summed E-state index contributed by atoms with van der Waals surface area (Å²) in [5.41, 5.74) is 3.43. The molecular weight excluding hydrogens is 328 g/mol. The summed E-state index contributed by atoms with van der Waals surface area (Å²) in [6.07, 6.45) is 0. The highest BCUT2D eigenvalue weighted by molar-refractivity contribution is 5.98. The third-order valence-electron chi connectivity index (χ3n) is 4.80. The lowest BCUT2D eigenvalue weighted by Crippen LogP contribution is -2.50. The van der Waals surface area contributed by atoms with Gasteiger partial charge in [0, 0.05) is 31.7 Å². The standard InChI is InChI=1S/C21H24N2O3/c1-15-8-9-17(16(2)14-15)20(24)22-10-12-23(13-11-22)21(25)18-6-4-5-7-19(18)26-3/h4-9,14H,10-13H2,1-3H3. The highest BCUT2D eigenvalue weighted by Crippen LogP contribution is 2.21. The molecule has 1 fully saturated rings. The van der Waals surface area contributed by atoms with Gasteiger partial charge in [0.05, 0.1) is 12.7 Å². The number of nitrogens with zero attached hydrogens (tertiary/aromatic N) is 2. The summed E-state index contributed by atoms with van der Waals surface area (Å²) in [5.74, 6) is 0.555. The molecule has 26 heavy (non-hydrogen) atoms. The second-order valence-electron chi connectivity index (χ2n) is 6.60. The number of amides is 2.